The smallest absolute Gasteiger partial charge is 0.311 e. The Morgan fingerprint density at radius 1 is 1.16 bits per heavy atom. The van der Waals surface area contributed by atoms with Crippen LogP contribution < -0.4 is 14.2 Å². The highest BCUT2D eigenvalue weighted by molar-refractivity contribution is 5.80. The highest BCUT2D eigenvalue weighted by Crippen LogP contribution is 2.49. The fourth-order valence-corrected chi connectivity index (χ4v) is 2.33. The largest absolute Gasteiger partial charge is 0.496 e. The van der Waals surface area contributed by atoms with Crippen molar-refractivity contribution in [2.24, 2.45) is 5.92 Å². The van der Waals surface area contributed by atoms with Gasteiger partial charge in [-0.15, -0.1) is 0 Å². The lowest BCUT2D eigenvalue weighted by molar-refractivity contribution is -0.139. The summed E-state index contributed by atoms with van der Waals surface area (Å²) >= 11 is 0. The molecule has 2 rings (SSSR count). The van der Waals surface area contributed by atoms with Crippen molar-refractivity contribution in [2.75, 3.05) is 21.3 Å². The molecule has 0 radical (unpaired) electrons. The fourth-order valence-electron chi connectivity index (χ4n) is 2.33. The molecule has 1 aromatic carbocycles. The van der Waals surface area contributed by atoms with Gasteiger partial charge >= 0.3 is 5.97 Å². The molecule has 0 aromatic heterocycles. The van der Waals surface area contributed by atoms with Gasteiger partial charge in [-0.05, 0) is 18.8 Å². The summed E-state index contributed by atoms with van der Waals surface area (Å²) in [4.78, 5) is 11.5. The Bertz CT molecular complexity index is 454. The second-order valence-corrected chi connectivity index (χ2v) is 4.60. The predicted molar refractivity (Wildman–Crippen MR) is 69.2 cm³/mol. The number of carboxylic acids is 1. The van der Waals surface area contributed by atoms with Crippen molar-refractivity contribution in [3.8, 4) is 17.2 Å². The van der Waals surface area contributed by atoms with Gasteiger partial charge in [0.1, 0.15) is 17.2 Å². The molecule has 5 heteroatoms. The zero-order chi connectivity index (χ0) is 14.0. The van der Waals surface area contributed by atoms with E-state index in [1.807, 2.05) is 0 Å². The Kier molecular flexibility index (Phi) is 3.83. The molecule has 0 amide bonds. The van der Waals surface area contributed by atoms with Gasteiger partial charge < -0.3 is 19.3 Å². The SMILES string of the molecule is COc1cc(OC)c(C(C(=O)O)C2CC2)c(OC)c1. The summed E-state index contributed by atoms with van der Waals surface area (Å²) in [6, 6.07) is 3.38. The van der Waals surface area contributed by atoms with Crippen molar-refractivity contribution in [1.82, 2.24) is 0 Å². The molecule has 1 fully saturated rings. The number of rotatable bonds is 6. The second-order valence-electron chi connectivity index (χ2n) is 4.60. The van der Waals surface area contributed by atoms with Crippen molar-refractivity contribution in [3.05, 3.63) is 17.7 Å². The van der Waals surface area contributed by atoms with Crippen molar-refractivity contribution in [2.45, 2.75) is 18.8 Å². The molecule has 0 aliphatic heterocycles. The van der Waals surface area contributed by atoms with E-state index in [0.717, 1.165) is 12.8 Å². The van der Waals surface area contributed by atoms with E-state index in [-0.39, 0.29) is 5.92 Å². The zero-order valence-electron chi connectivity index (χ0n) is 11.3. The van der Waals surface area contributed by atoms with Crippen LogP contribution in [-0.2, 0) is 4.79 Å². The molecule has 1 saturated carbocycles. The van der Waals surface area contributed by atoms with E-state index >= 15 is 0 Å². The van der Waals surface area contributed by atoms with E-state index in [1.165, 1.54) is 14.2 Å². The predicted octanol–water partition coefficient (Wildman–Crippen LogP) is 2.29. The zero-order valence-corrected chi connectivity index (χ0v) is 11.3. The van der Waals surface area contributed by atoms with Crippen molar-refractivity contribution in [1.29, 1.82) is 0 Å². The van der Waals surface area contributed by atoms with E-state index in [0.29, 0.717) is 22.8 Å². The lowest BCUT2D eigenvalue weighted by Crippen LogP contribution is -2.16. The lowest BCUT2D eigenvalue weighted by atomic mass is 9.92. The molecule has 0 bridgehead atoms. The van der Waals surface area contributed by atoms with Crippen molar-refractivity contribution >= 4 is 5.97 Å². The Hall–Kier alpha value is -1.91. The van der Waals surface area contributed by atoms with Crippen LogP contribution in [0.25, 0.3) is 0 Å². The molecule has 104 valence electrons. The Morgan fingerprint density at radius 3 is 2.00 bits per heavy atom. The molecular formula is C14H18O5. The van der Waals surface area contributed by atoms with Crippen LogP contribution in [-0.4, -0.2) is 32.4 Å². The van der Waals surface area contributed by atoms with Gasteiger partial charge in [0.05, 0.1) is 32.8 Å². The molecule has 1 aliphatic carbocycles. The fraction of sp³-hybridized carbons (Fsp3) is 0.500. The van der Waals surface area contributed by atoms with Crippen LogP contribution in [0.15, 0.2) is 12.1 Å². The quantitative estimate of drug-likeness (QED) is 0.855. The van der Waals surface area contributed by atoms with E-state index in [4.69, 9.17) is 14.2 Å². The van der Waals surface area contributed by atoms with E-state index in [2.05, 4.69) is 0 Å². The summed E-state index contributed by atoms with van der Waals surface area (Å²) in [6.07, 6.45) is 1.85. The Balaban J connectivity index is 2.55. The highest BCUT2D eigenvalue weighted by atomic mass is 16.5. The Morgan fingerprint density at radius 2 is 1.68 bits per heavy atom. The monoisotopic (exact) mass is 266 g/mol. The maximum absolute atomic E-state index is 11.5. The van der Waals surface area contributed by atoms with Crippen LogP contribution in [0.5, 0.6) is 17.2 Å². The van der Waals surface area contributed by atoms with Gasteiger partial charge in [0.15, 0.2) is 0 Å². The average molecular weight is 266 g/mol. The number of methoxy groups -OCH3 is 3. The second kappa shape index (κ2) is 5.38. The van der Waals surface area contributed by atoms with Crippen LogP contribution in [0.4, 0.5) is 0 Å². The van der Waals surface area contributed by atoms with Crippen LogP contribution in [0, 0.1) is 5.92 Å². The molecule has 0 spiro atoms. The summed E-state index contributed by atoms with van der Waals surface area (Å²) in [5.74, 6) is 0.303. The molecule has 19 heavy (non-hydrogen) atoms. The summed E-state index contributed by atoms with van der Waals surface area (Å²) in [5.41, 5.74) is 0.598. The van der Waals surface area contributed by atoms with Gasteiger partial charge in [0.2, 0.25) is 0 Å². The Labute approximate surface area is 112 Å². The van der Waals surface area contributed by atoms with E-state index in [9.17, 15) is 9.90 Å². The number of hydrogen-bond acceptors (Lipinski definition) is 4. The standard InChI is InChI=1S/C14H18O5/c1-17-9-6-10(18-2)13(11(7-9)19-3)12(14(15)16)8-4-5-8/h6-8,12H,4-5H2,1-3H3,(H,15,16). The van der Waals surface area contributed by atoms with Gasteiger partial charge in [0.25, 0.3) is 0 Å². The first-order valence-electron chi connectivity index (χ1n) is 6.15. The minimum Gasteiger partial charge on any atom is -0.496 e. The van der Waals surface area contributed by atoms with Gasteiger partial charge in [-0.1, -0.05) is 0 Å². The summed E-state index contributed by atoms with van der Waals surface area (Å²) < 4.78 is 15.8. The summed E-state index contributed by atoms with van der Waals surface area (Å²) in [7, 11) is 4.58. The van der Waals surface area contributed by atoms with Crippen molar-refractivity contribution < 1.29 is 24.1 Å². The number of benzene rings is 1. The minimum atomic E-state index is -0.843. The molecule has 0 saturated heterocycles. The van der Waals surface area contributed by atoms with Crippen molar-refractivity contribution in [3.63, 3.8) is 0 Å². The van der Waals surface area contributed by atoms with Crippen LogP contribution >= 0.6 is 0 Å². The maximum Gasteiger partial charge on any atom is 0.311 e. The molecule has 1 aromatic rings. The minimum absolute atomic E-state index is 0.161. The number of aliphatic carboxylic acids is 1. The molecule has 0 heterocycles. The first-order chi connectivity index (χ1) is 9.12. The number of carbonyl (C=O) groups is 1. The summed E-state index contributed by atoms with van der Waals surface area (Å²) in [6.45, 7) is 0. The highest BCUT2D eigenvalue weighted by Gasteiger charge is 2.41. The molecule has 1 atom stereocenters. The molecule has 1 unspecified atom stereocenters. The van der Waals surface area contributed by atoms with Crippen LogP contribution in [0.1, 0.15) is 24.3 Å². The topological polar surface area (TPSA) is 65.0 Å². The summed E-state index contributed by atoms with van der Waals surface area (Å²) in [5, 5.41) is 9.46. The van der Waals surface area contributed by atoms with Gasteiger partial charge in [-0.2, -0.15) is 0 Å². The third kappa shape index (κ3) is 2.59. The molecule has 1 aliphatic rings. The van der Waals surface area contributed by atoms with E-state index < -0.39 is 11.9 Å². The maximum atomic E-state index is 11.5. The van der Waals surface area contributed by atoms with E-state index in [1.54, 1.807) is 19.2 Å². The number of carboxylic acid groups (broad SMARTS) is 1. The number of hydrogen-bond donors (Lipinski definition) is 1. The van der Waals surface area contributed by atoms with Crippen LogP contribution in [0.2, 0.25) is 0 Å². The van der Waals surface area contributed by atoms with Gasteiger partial charge in [-0.3, -0.25) is 4.79 Å². The normalized spacial score (nSPS) is 15.7. The third-order valence-corrected chi connectivity index (χ3v) is 3.42. The first kappa shape index (κ1) is 13.5. The lowest BCUT2D eigenvalue weighted by Gasteiger charge is -2.20. The number of ether oxygens (including phenoxy) is 3. The average Bonchev–Trinajstić information content (AvgIpc) is 3.23. The van der Waals surface area contributed by atoms with Gasteiger partial charge in [-0.25, -0.2) is 0 Å². The van der Waals surface area contributed by atoms with Crippen LogP contribution in [0.3, 0.4) is 0 Å². The molecule has 1 N–H and O–H groups in total. The third-order valence-electron chi connectivity index (χ3n) is 3.42. The molecular weight excluding hydrogens is 248 g/mol. The molecule has 5 nitrogen and oxygen atoms in total. The van der Waals surface area contributed by atoms with Gasteiger partial charge in [0, 0.05) is 12.1 Å². The first-order valence-corrected chi connectivity index (χ1v) is 6.15.